The zero-order valence-electron chi connectivity index (χ0n) is 12.5. The summed E-state index contributed by atoms with van der Waals surface area (Å²) in [6.45, 7) is 7.30. The lowest BCUT2D eigenvalue weighted by molar-refractivity contribution is 0.0701. The van der Waals surface area contributed by atoms with Crippen LogP contribution in [-0.4, -0.2) is 33.6 Å². The first-order valence-corrected chi connectivity index (χ1v) is 8.06. The van der Waals surface area contributed by atoms with E-state index in [1.807, 2.05) is 6.92 Å². The average Bonchev–Trinajstić information content (AvgIpc) is 2.80. The van der Waals surface area contributed by atoms with Gasteiger partial charge in [0.2, 0.25) is 0 Å². The molecule has 6 heteroatoms. The molecule has 21 heavy (non-hydrogen) atoms. The molecular weight excluding hydrogens is 286 g/mol. The summed E-state index contributed by atoms with van der Waals surface area (Å²) in [7, 11) is 0. The van der Waals surface area contributed by atoms with Gasteiger partial charge in [0.05, 0.1) is 5.39 Å². The molecule has 0 bridgehead atoms. The Morgan fingerprint density at radius 1 is 1.43 bits per heavy atom. The highest BCUT2D eigenvalue weighted by atomic mass is 32.1. The number of piperidine rings is 1. The quantitative estimate of drug-likeness (QED) is 0.922. The van der Waals surface area contributed by atoms with E-state index in [-0.39, 0.29) is 0 Å². The molecule has 0 spiro atoms. The molecule has 1 aliphatic rings. The minimum Gasteiger partial charge on any atom is -0.477 e. The zero-order valence-corrected chi connectivity index (χ0v) is 13.3. The van der Waals surface area contributed by atoms with E-state index in [4.69, 9.17) is 0 Å². The Balaban J connectivity index is 2.16. The molecule has 3 rings (SSSR count). The van der Waals surface area contributed by atoms with Crippen LogP contribution in [-0.2, 0) is 0 Å². The van der Waals surface area contributed by atoms with Crippen molar-refractivity contribution in [2.24, 2.45) is 5.92 Å². The van der Waals surface area contributed by atoms with Crippen LogP contribution in [0.3, 0.4) is 0 Å². The van der Waals surface area contributed by atoms with E-state index in [0.29, 0.717) is 16.8 Å². The zero-order chi connectivity index (χ0) is 15.1. The molecule has 1 saturated heterocycles. The number of aromatic carboxylic acids is 1. The third-order valence-corrected chi connectivity index (χ3v) is 5.73. The van der Waals surface area contributed by atoms with Crippen molar-refractivity contribution in [1.82, 2.24) is 9.97 Å². The maximum absolute atomic E-state index is 11.3. The Morgan fingerprint density at radius 3 is 2.90 bits per heavy atom. The van der Waals surface area contributed by atoms with E-state index in [0.717, 1.165) is 34.6 Å². The number of aryl methyl sites for hydroxylation is 1. The third-order valence-electron chi connectivity index (χ3n) is 4.55. The number of carboxylic acids is 1. The lowest BCUT2D eigenvalue weighted by atomic mass is 9.92. The van der Waals surface area contributed by atoms with Crippen molar-refractivity contribution in [2.75, 3.05) is 11.4 Å². The van der Waals surface area contributed by atoms with Gasteiger partial charge in [0.15, 0.2) is 0 Å². The van der Waals surface area contributed by atoms with Gasteiger partial charge in [-0.25, -0.2) is 14.8 Å². The summed E-state index contributed by atoms with van der Waals surface area (Å²) >= 11 is 1.23. The maximum atomic E-state index is 11.3. The van der Waals surface area contributed by atoms with Crippen LogP contribution in [0.25, 0.3) is 10.2 Å². The molecule has 1 aliphatic heterocycles. The van der Waals surface area contributed by atoms with Gasteiger partial charge in [-0.2, -0.15) is 0 Å². The van der Waals surface area contributed by atoms with Crippen molar-refractivity contribution in [3.63, 3.8) is 0 Å². The Kier molecular flexibility index (Phi) is 3.57. The SMILES string of the molecule is Cc1c(C(=O)O)sc2ncnc(N3CCCC(C)C3C)c12. The molecule has 5 nitrogen and oxygen atoms in total. The fourth-order valence-electron chi connectivity index (χ4n) is 3.11. The molecule has 2 unspecified atom stereocenters. The first-order chi connectivity index (χ1) is 10.0. The van der Waals surface area contributed by atoms with E-state index in [9.17, 15) is 9.90 Å². The Morgan fingerprint density at radius 2 is 2.19 bits per heavy atom. The molecule has 2 atom stereocenters. The van der Waals surface area contributed by atoms with Crippen LogP contribution in [0.5, 0.6) is 0 Å². The highest BCUT2D eigenvalue weighted by Gasteiger charge is 2.29. The van der Waals surface area contributed by atoms with Gasteiger partial charge in [0.25, 0.3) is 0 Å². The van der Waals surface area contributed by atoms with Crippen LogP contribution >= 0.6 is 11.3 Å². The first kappa shape index (κ1) is 14.3. The van der Waals surface area contributed by atoms with Gasteiger partial charge < -0.3 is 10.0 Å². The molecule has 0 aromatic carbocycles. The van der Waals surface area contributed by atoms with Crippen LogP contribution in [0.4, 0.5) is 5.82 Å². The number of rotatable bonds is 2. The second-order valence-electron chi connectivity index (χ2n) is 5.79. The monoisotopic (exact) mass is 305 g/mol. The van der Waals surface area contributed by atoms with Crippen molar-refractivity contribution in [1.29, 1.82) is 0 Å². The molecule has 0 aliphatic carbocycles. The lowest BCUT2D eigenvalue weighted by Crippen LogP contribution is -2.43. The predicted octanol–water partition coefficient (Wildman–Crippen LogP) is 3.32. The van der Waals surface area contributed by atoms with Crippen LogP contribution < -0.4 is 4.90 Å². The summed E-state index contributed by atoms with van der Waals surface area (Å²) in [5.41, 5.74) is 0.781. The lowest BCUT2D eigenvalue weighted by Gasteiger charge is -2.39. The smallest absolute Gasteiger partial charge is 0.346 e. The Labute approximate surface area is 127 Å². The van der Waals surface area contributed by atoms with Gasteiger partial charge in [0.1, 0.15) is 21.9 Å². The Hall–Kier alpha value is -1.69. The van der Waals surface area contributed by atoms with Gasteiger partial charge in [-0.1, -0.05) is 6.92 Å². The van der Waals surface area contributed by atoms with Gasteiger partial charge in [-0.3, -0.25) is 0 Å². The molecule has 1 fully saturated rings. The number of nitrogens with zero attached hydrogens (tertiary/aromatic N) is 3. The van der Waals surface area contributed by atoms with E-state index in [2.05, 4.69) is 28.7 Å². The molecule has 0 saturated carbocycles. The summed E-state index contributed by atoms with van der Waals surface area (Å²) < 4.78 is 0. The van der Waals surface area contributed by atoms with Crippen LogP contribution in [0.1, 0.15) is 41.9 Å². The molecule has 1 N–H and O–H groups in total. The molecule has 3 heterocycles. The summed E-state index contributed by atoms with van der Waals surface area (Å²) in [4.78, 5) is 23.5. The average molecular weight is 305 g/mol. The van der Waals surface area contributed by atoms with E-state index < -0.39 is 5.97 Å². The first-order valence-electron chi connectivity index (χ1n) is 7.24. The summed E-state index contributed by atoms with van der Waals surface area (Å²) in [5, 5.41) is 10.2. The van der Waals surface area contributed by atoms with Crippen molar-refractivity contribution >= 4 is 33.3 Å². The van der Waals surface area contributed by atoms with E-state index in [1.54, 1.807) is 6.33 Å². The molecular formula is C15H19N3O2S. The third kappa shape index (κ3) is 2.27. The van der Waals surface area contributed by atoms with Crippen molar-refractivity contribution in [3.8, 4) is 0 Å². The van der Waals surface area contributed by atoms with Gasteiger partial charge >= 0.3 is 5.97 Å². The van der Waals surface area contributed by atoms with E-state index >= 15 is 0 Å². The van der Waals surface area contributed by atoms with Crippen molar-refractivity contribution in [2.45, 2.75) is 39.7 Å². The van der Waals surface area contributed by atoms with Gasteiger partial charge in [0, 0.05) is 12.6 Å². The van der Waals surface area contributed by atoms with Crippen LogP contribution in [0.2, 0.25) is 0 Å². The standard InChI is InChI=1S/C15H19N3O2S/c1-8-5-4-6-18(10(8)3)13-11-9(2)12(15(19)20)21-14(11)17-7-16-13/h7-8,10H,4-6H2,1-3H3,(H,19,20). The summed E-state index contributed by atoms with van der Waals surface area (Å²) in [6, 6.07) is 0.407. The predicted molar refractivity (Wildman–Crippen MR) is 84.3 cm³/mol. The second-order valence-corrected chi connectivity index (χ2v) is 6.79. The molecule has 112 valence electrons. The maximum Gasteiger partial charge on any atom is 0.346 e. The number of carboxylic acid groups (broad SMARTS) is 1. The number of fused-ring (bicyclic) bond motifs is 1. The van der Waals surface area contributed by atoms with Crippen molar-refractivity contribution < 1.29 is 9.90 Å². The highest BCUT2D eigenvalue weighted by molar-refractivity contribution is 7.20. The fraction of sp³-hybridized carbons (Fsp3) is 0.533. The molecule has 2 aromatic heterocycles. The molecule has 0 amide bonds. The van der Waals surface area contributed by atoms with E-state index in [1.165, 1.54) is 17.8 Å². The van der Waals surface area contributed by atoms with Gasteiger partial charge in [-0.15, -0.1) is 11.3 Å². The number of hydrogen-bond donors (Lipinski definition) is 1. The summed E-state index contributed by atoms with van der Waals surface area (Å²) in [6.07, 6.45) is 3.92. The number of hydrogen-bond acceptors (Lipinski definition) is 5. The van der Waals surface area contributed by atoms with Crippen LogP contribution in [0.15, 0.2) is 6.33 Å². The minimum absolute atomic E-state index is 0.365. The second kappa shape index (κ2) is 5.26. The molecule has 0 radical (unpaired) electrons. The largest absolute Gasteiger partial charge is 0.477 e. The van der Waals surface area contributed by atoms with Gasteiger partial charge in [-0.05, 0) is 38.2 Å². The van der Waals surface area contributed by atoms with Crippen molar-refractivity contribution in [3.05, 3.63) is 16.8 Å². The normalized spacial score (nSPS) is 22.7. The highest BCUT2D eigenvalue weighted by Crippen LogP contribution is 2.37. The topological polar surface area (TPSA) is 66.3 Å². The van der Waals surface area contributed by atoms with Crippen LogP contribution in [0, 0.1) is 12.8 Å². The fourth-order valence-corrected chi connectivity index (χ4v) is 4.09. The number of aromatic nitrogens is 2. The number of thiophene rings is 1. The molecule has 2 aromatic rings. The minimum atomic E-state index is -0.887. The number of carbonyl (C=O) groups is 1. The number of anilines is 1. The Bertz CT molecular complexity index is 698. The summed E-state index contributed by atoms with van der Waals surface area (Å²) in [5.74, 6) is 0.614.